The summed E-state index contributed by atoms with van der Waals surface area (Å²) in [4.78, 5) is 12.0. The number of hydrogen-bond donors (Lipinski definition) is 2. The van der Waals surface area contributed by atoms with Gasteiger partial charge in [0.2, 0.25) is 0 Å². The number of rotatable bonds is 6. The number of nitrogens with two attached hydrogens (primary N) is 1. The van der Waals surface area contributed by atoms with Gasteiger partial charge in [0.25, 0.3) is 5.91 Å². The zero-order chi connectivity index (χ0) is 15.9. The first-order valence-electron chi connectivity index (χ1n) is 6.98. The largest absolute Gasteiger partial charge is 0.497 e. The number of nitrogen functional groups attached to an aromatic ring is 1. The van der Waals surface area contributed by atoms with Crippen molar-refractivity contribution in [1.82, 2.24) is 5.32 Å². The van der Waals surface area contributed by atoms with E-state index >= 15 is 0 Å². The average molecular weight is 300 g/mol. The minimum absolute atomic E-state index is 0.144. The van der Waals surface area contributed by atoms with E-state index < -0.39 is 0 Å². The van der Waals surface area contributed by atoms with Crippen LogP contribution in [0.4, 0.5) is 5.69 Å². The van der Waals surface area contributed by atoms with Crippen LogP contribution in [0.1, 0.15) is 15.9 Å². The summed E-state index contributed by atoms with van der Waals surface area (Å²) in [5, 5.41) is 2.87. The van der Waals surface area contributed by atoms with Crippen LogP contribution in [0.15, 0.2) is 42.5 Å². The minimum atomic E-state index is -0.144. The second kappa shape index (κ2) is 7.36. The molecular formula is C17H20N2O3. The minimum Gasteiger partial charge on any atom is -0.497 e. The smallest absolute Gasteiger partial charge is 0.251 e. The molecule has 0 aliphatic rings. The molecule has 5 heteroatoms. The van der Waals surface area contributed by atoms with Crippen molar-refractivity contribution in [2.75, 3.05) is 26.5 Å². The Hall–Kier alpha value is -2.69. The van der Waals surface area contributed by atoms with Gasteiger partial charge in [-0.3, -0.25) is 4.79 Å². The summed E-state index contributed by atoms with van der Waals surface area (Å²) in [5.41, 5.74) is 7.78. The van der Waals surface area contributed by atoms with Crippen molar-refractivity contribution in [3.8, 4) is 11.5 Å². The molecule has 0 saturated heterocycles. The van der Waals surface area contributed by atoms with E-state index in [4.69, 9.17) is 15.2 Å². The van der Waals surface area contributed by atoms with Gasteiger partial charge in [0.1, 0.15) is 11.5 Å². The number of benzene rings is 2. The molecule has 0 atom stereocenters. The summed E-state index contributed by atoms with van der Waals surface area (Å²) >= 11 is 0. The first-order valence-corrected chi connectivity index (χ1v) is 6.98. The van der Waals surface area contributed by atoms with Crippen molar-refractivity contribution in [2.45, 2.75) is 6.42 Å². The standard InChI is InChI=1S/C17H20N2O3/c1-21-15-6-7-16(22-2)12(11-15)8-9-19-17(20)13-4-3-5-14(18)10-13/h3-7,10-11H,8-9,18H2,1-2H3,(H,19,20). The van der Waals surface area contributed by atoms with E-state index in [9.17, 15) is 4.79 Å². The molecule has 0 unspecified atom stereocenters. The number of carbonyl (C=O) groups excluding carboxylic acids is 1. The van der Waals surface area contributed by atoms with Gasteiger partial charge < -0.3 is 20.5 Å². The number of hydrogen-bond acceptors (Lipinski definition) is 4. The van der Waals surface area contributed by atoms with Crippen LogP contribution in [0.5, 0.6) is 11.5 Å². The number of carbonyl (C=O) groups is 1. The van der Waals surface area contributed by atoms with E-state index in [2.05, 4.69) is 5.32 Å². The summed E-state index contributed by atoms with van der Waals surface area (Å²) in [5.74, 6) is 1.39. The molecule has 2 aromatic carbocycles. The lowest BCUT2D eigenvalue weighted by Gasteiger charge is -2.11. The zero-order valence-corrected chi connectivity index (χ0v) is 12.8. The summed E-state index contributed by atoms with van der Waals surface area (Å²) in [6.07, 6.45) is 0.647. The molecule has 0 aromatic heterocycles. The van der Waals surface area contributed by atoms with Crippen LogP contribution in [0.25, 0.3) is 0 Å². The summed E-state index contributed by atoms with van der Waals surface area (Å²) in [6.45, 7) is 0.497. The highest BCUT2D eigenvalue weighted by atomic mass is 16.5. The molecule has 0 bridgehead atoms. The molecule has 5 nitrogen and oxygen atoms in total. The Labute approximate surface area is 130 Å². The van der Waals surface area contributed by atoms with Crippen LogP contribution in [0.2, 0.25) is 0 Å². The fourth-order valence-electron chi connectivity index (χ4n) is 2.17. The first-order chi connectivity index (χ1) is 10.6. The molecule has 0 heterocycles. The highest BCUT2D eigenvalue weighted by Gasteiger charge is 2.08. The summed E-state index contributed by atoms with van der Waals surface area (Å²) in [7, 11) is 3.24. The van der Waals surface area contributed by atoms with Crippen LogP contribution in [-0.2, 0) is 6.42 Å². The third kappa shape index (κ3) is 3.91. The average Bonchev–Trinajstić information content (AvgIpc) is 2.54. The van der Waals surface area contributed by atoms with E-state index in [1.54, 1.807) is 38.5 Å². The molecule has 2 rings (SSSR count). The SMILES string of the molecule is COc1ccc(OC)c(CCNC(=O)c2cccc(N)c2)c1. The van der Waals surface area contributed by atoms with Crippen molar-refractivity contribution in [3.63, 3.8) is 0 Å². The molecule has 0 radical (unpaired) electrons. The van der Waals surface area contributed by atoms with Crippen molar-refractivity contribution >= 4 is 11.6 Å². The molecule has 0 aliphatic carbocycles. The normalized spacial score (nSPS) is 10.1. The molecule has 22 heavy (non-hydrogen) atoms. The Bertz CT molecular complexity index is 656. The summed E-state index contributed by atoms with van der Waals surface area (Å²) in [6, 6.07) is 12.5. The first kappa shape index (κ1) is 15.7. The van der Waals surface area contributed by atoms with Gasteiger partial charge in [0, 0.05) is 17.8 Å². The number of methoxy groups -OCH3 is 2. The molecule has 116 valence electrons. The predicted octanol–water partition coefficient (Wildman–Crippen LogP) is 2.26. The van der Waals surface area contributed by atoms with Gasteiger partial charge in [0.15, 0.2) is 0 Å². The lowest BCUT2D eigenvalue weighted by atomic mass is 10.1. The molecule has 0 fully saturated rings. The van der Waals surface area contributed by atoms with Gasteiger partial charge in [-0.15, -0.1) is 0 Å². The van der Waals surface area contributed by atoms with Crippen molar-refractivity contribution in [2.24, 2.45) is 0 Å². The highest BCUT2D eigenvalue weighted by molar-refractivity contribution is 5.94. The lowest BCUT2D eigenvalue weighted by Crippen LogP contribution is -2.25. The van der Waals surface area contributed by atoms with Crippen LogP contribution < -0.4 is 20.5 Å². The zero-order valence-electron chi connectivity index (χ0n) is 12.8. The number of nitrogens with one attached hydrogen (secondary N) is 1. The second-order valence-electron chi connectivity index (χ2n) is 4.81. The Balaban J connectivity index is 1.97. The molecule has 2 aromatic rings. The predicted molar refractivity (Wildman–Crippen MR) is 86.4 cm³/mol. The van der Waals surface area contributed by atoms with E-state index in [1.165, 1.54) is 0 Å². The Morgan fingerprint density at radius 3 is 2.64 bits per heavy atom. The van der Waals surface area contributed by atoms with E-state index in [-0.39, 0.29) is 5.91 Å². The van der Waals surface area contributed by atoms with Crippen LogP contribution in [-0.4, -0.2) is 26.7 Å². The summed E-state index contributed by atoms with van der Waals surface area (Å²) < 4.78 is 10.5. The van der Waals surface area contributed by atoms with Crippen molar-refractivity contribution < 1.29 is 14.3 Å². The van der Waals surface area contributed by atoms with Crippen molar-refractivity contribution in [1.29, 1.82) is 0 Å². The van der Waals surface area contributed by atoms with Gasteiger partial charge in [-0.25, -0.2) is 0 Å². The molecule has 0 spiro atoms. The third-order valence-electron chi connectivity index (χ3n) is 3.32. The van der Waals surface area contributed by atoms with Gasteiger partial charge in [-0.05, 0) is 48.4 Å². The third-order valence-corrected chi connectivity index (χ3v) is 3.32. The molecule has 0 saturated carbocycles. The Morgan fingerprint density at radius 2 is 1.95 bits per heavy atom. The highest BCUT2D eigenvalue weighted by Crippen LogP contribution is 2.24. The fourth-order valence-corrected chi connectivity index (χ4v) is 2.17. The maximum atomic E-state index is 12.0. The van der Waals surface area contributed by atoms with E-state index in [0.29, 0.717) is 24.2 Å². The Morgan fingerprint density at radius 1 is 1.14 bits per heavy atom. The van der Waals surface area contributed by atoms with Gasteiger partial charge in [0.05, 0.1) is 14.2 Å². The van der Waals surface area contributed by atoms with Gasteiger partial charge in [-0.1, -0.05) is 6.07 Å². The number of anilines is 1. The quantitative estimate of drug-likeness (QED) is 0.803. The lowest BCUT2D eigenvalue weighted by molar-refractivity contribution is 0.0954. The molecular weight excluding hydrogens is 280 g/mol. The van der Waals surface area contributed by atoms with E-state index in [0.717, 1.165) is 17.1 Å². The van der Waals surface area contributed by atoms with Crippen molar-refractivity contribution in [3.05, 3.63) is 53.6 Å². The van der Waals surface area contributed by atoms with Crippen LogP contribution >= 0.6 is 0 Å². The molecule has 1 amide bonds. The maximum absolute atomic E-state index is 12.0. The van der Waals surface area contributed by atoms with E-state index in [1.807, 2.05) is 18.2 Å². The van der Waals surface area contributed by atoms with Crippen LogP contribution in [0, 0.1) is 0 Å². The molecule has 0 aliphatic heterocycles. The second-order valence-corrected chi connectivity index (χ2v) is 4.81. The monoisotopic (exact) mass is 300 g/mol. The number of ether oxygens (including phenoxy) is 2. The van der Waals surface area contributed by atoms with Gasteiger partial charge >= 0.3 is 0 Å². The maximum Gasteiger partial charge on any atom is 0.251 e. The van der Waals surface area contributed by atoms with Gasteiger partial charge in [-0.2, -0.15) is 0 Å². The fraction of sp³-hybridized carbons (Fsp3) is 0.235. The molecule has 3 N–H and O–H groups in total. The Kier molecular flexibility index (Phi) is 5.25. The topological polar surface area (TPSA) is 73.6 Å². The van der Waals surface area contributed by atoms with Crippen LogP contribution in [0.3, 0.4) is 0 Å². The number of amides is 1.